The number of hydrogen-bond donors (Lipinski definition) is 4. The fourth-order valence-corrected chi connectivity index (χ4v) is 4.48. The van der Waals surface area contributed by atoms with Gasteiger partial charge in [-0.2, -0.15) is 0 Å². The number of phosphoric acid groups is 2. The van der Waals surface area contributed by atoms with Crippen molar-refractivity contribution in [1.29, 1.82) is 0 Å². The average molecular weight is 520 g/mol. The quantitative estimate of drug-likeness (QED) is 0.242. The average Bonchev–Trinajstić information content (AvgIpc) is 2.55. The molecule has 1 aromatic rings. The third-order valence-electron chi connectivity index (χ3n) is 3.62. The highest BCUT2D eigenvalue weighted by molar-refractivity contribution is 7.47. The summed E-state index contributed by atoms with van der Waals surface area (Å²) in [5, 5.41) is 0. The van der Waals surface area contributed by atoms with Gasteiger partial charge < -0.3 is 9.05 Å². The first-order valence-corrected chi connectivity index (χ1v) is 13.1. The fourth-order valence-electron chi connectivity index (χ4n) is 2.81. The highest BCUT2D eigenvalue weighted by Crippen LogP contribution is 2.50. The molecule has 4 N–H and O–H groups in total. The Hall–Kier alpha value is 0.280. The van der Waals surface area contributed by atoms with Gasteiger partial charge in [-0.1, -0.05) is 0 Å². The predicted octanol–water partition coefficient (Wildman–Crippen LogP) is 3.75. The van der Waals surface area contributed by atoms with Gasteiger partial charge in [-0.3, -0.25) is 19.6 Å². The van der Waals surface area contributed by atoms with E-state index in [9.17, 15) is 28.7 Å². The molecule has 0 heterocycles. The minimum Gasteiger partial charge on any atom is -0.404 e. The van der Waals surface area contributed by atoms with E-state index in [4.69, 9.17) is 55.5 Å². The minimum absolute atomic E-state index is 0.0390. The Kier molecular flexibility index (Phi) is 10.9. The Labute approximate surface area is 182 Å². The Bertz CT molecular complexity index is 664. The smallest absolute Gasteiger partial charge is 0.404 e. The van der Waals surface area contributed by atoms with E-state index in [0.29, 0.717) is 0 Å². The van der Waals surface area contributed by atoms with E-state index in [1.165, 1.54) is 0 Å². The van der Waals surface area contributed by atoms with Crippen molar-refractivity contribution in [2.45, 2.75) is 25.7 Å². The van der Waals surface area contributed by atoms with E-state index < -0.39 is 15.6 Å². The van der Waals surface area contributed by atoms with E-state index in [1.54, 1.807) is 0 Å². The normalized spacial score (nSPS) is 12.3. The predicted molar refractivity (Wildman–Crippen MR) is 109 cm³/mol. The minimum atomic E-state index is -4.97. The highest BCUT2D eigenvalue weighted by atomic mass is 35.5. The number of rotatable bonds is 12. The highest BCUT2D eigenvalue weighted by Gasteiger charge is 2.31. The number of halogens is 4. The lowest BCUT2D eigenvalue weighted by atomic mass is 9.90. The number of alkyl halides is 4. The fraction of sp³-hybridized carbons (Fsp3) is 0.571. The van der Waals surface area contributed by atoms with Gasteiger partial charge in [0.25, 0.3) is 0 Å². The molecular weight excluding hydrogens is 500 g/mol. The second-order valence-electron chi connectivity index (χ2n) is 5.49. The summed E-state index contributed by atoms with van der Waals surface area (Å²) in [6, 6.07) is 0. The van der Waals surface area contributed by atoms with Crippen LogP contribution in [0.25, 0.3) is 0 Å². The summed E-state index contributed by atoms with van der Waals surface area (Å²) in [5.41, 5.74) is 0.948. The van der Waals surface area contributed by atoms with Crippen molar-refractivity contribution in [2.24, 2.45) is 0 Å². The van der Waals surface area contributed by atoms with E-state index in [-0.39, 0.29) is 83.0 Å². The van der Waals surface area contributed by atoms with E-state index in [1.807, 2.05) is 0 Å². The maximum atomic E-state index is 11.6. The van der Waals surface area contributed by atoms with Gasteiger partial charge in [-0.25, -0.2) is 9.13 Å². The largest absolute Gasteiger partial charge is 0.524 e. The topological polar surface area (TPSA) is 134 Å². The zero-order valence-electron chi connectivity index (χ0n) is 14.5. The van der Waals surface area contributed by atoms with Crippen LogP contribution in [0.5, 0.6) is 11.5 Å². The Balaban J connectivity index is 4.00. The van der Waals surface area contributed by atoms with E-state index in [2.05, 4.69) is 0 Å². The molecule has 0 unspecified atom stereocenters. The Morgan fingerprint density at radius 1 is 0.571 bits per heavy atom. The molecule has 1 aromatic carbocycles. The first-order valence-electron chi connectivity index (χ1n) is 7.92. The monoisotopic (exact) mass is 518 g/mol. The maximum absolute atomic E-state index is 11.6. The van der Waals surface area contributed by atoms with Crippen LogP contribution in [-0.4, -0.2) is 43.1 Å². The molecule has 0 radical (unpaired) electrons. The first-order chi connectivity index (χ1) is 13.0. The zero-order valence-corrected chi connectivity index (χ0v) is 19.3. The molecule has 0 aliphatic carbocycles. The van der Waals surface area contributed by atoms with Crippen LogP contribution in [0.2, 0.25) is 0 Å². The summed E-state index contributed by atoms with van der Waals surface area (Å²) in [6.45, 7) is 0. The Morgan fingerprint density at radius 3 is 0.929 bits per heavy atom. The van der Waals surface area contributed by atoms with Crippen molar-refractivity contribution >= 4 is 62.0 Å². The van der Waals surface area contributed by atoms with Gasteiger partial charge in [0.2, 0.25) is 0 Å². The lowest BCUT2D eigenvalue weighted by molar-refractivity contribution is 0.275. The molecule has 0 aromatic heterocycles. The van der Waals surface area contributed by atoms with Gasteiger partial charge in [-0.05, 0) is 25.7 Å². The molecule has 1 rings (SSSR count). The molecule has 0 atom stereocenters. The van der Waals surface area contributed by atoms with Gasteiger partial charge in [-0.15, -0.1) is 46.4 Å². The van der Waals surface area contributed by atoms with Crippen molar-refractivity contribution < 1.29 is 37.8 Å². The van der Waals surface area contributed by atoms with Crippen molar-refractivity contribution in [3.8, 4) is 11.5 Å². The lowest BCUT2D eigenvalue weighted by Crippen LogP contribution is -2.13. The first kappa shape index (κ1) is 26.3. The molecule has 0 amide bonds. The SMILES string of the molecule is O=P(O)(O)Oc1c(CCCl)c(CCCl)c(OP(=O)(O)O)c(CCCl)c1CCCl. The third kappa shape index (κ3) is 7.84. The van der Waals surface area contributed by atoms with Crippen molar-refractivity contribution in [1.82, 2.24) is 0 Å². The molecule has 0 aliphatic rings. The summed E-state index contributed by atoms with van der Waals surface area (Å²) in [7, 11) is -9.94. The lowest BCUT2D eigenvalue weighted by Gasteiger charge is -2.26. The van der Waals surface area contributed by atoms with Crippen molar-refractivity contribution in [3.05, 3.63) is 22.3 Å². The molecule has 0 saturated carbocycles. The Morgan fingerprint density at radius 2 is 0.786 bits per heavy atom. The van der Waals surface area contributed by atoms with E-state index in [0.717, 1.165) is 0 Å². The van der Waals surface area contributed by atoms with Crippen LogP contribution in [0.15, 0.2) is 0 Å². The van der Waals surface area contributed by atoms with Crippen LogP contribution in [0.3, 0.4) is 0 Å². The zero-order chi connectivity index (χ0) is 21.5. The van der Waals surface area contributed by atoms with Crippen LogP contribution < -0.4 is 9.05 Å². The van der Waals surface area contributed by atoms with Crippen LogP contribution in [0.4, 0.5) is 0 Å². The van der Waals surface area contributed by atoms with E-state index >= 15 is 0 Å². The molecule has 0 bridgehead atoms. The molecule has 28 heavy (non-hydrogen) atoms. The summed E-state index contributed by atoms with van der Waals surface area (Å²) in [4.78, 5) is 37.5. The summed E-state index contributed by atoms with van der Waals surface area (Å²) >= 11 is 23.4. The van der Waals surface area contributed by atoms with Gasteiger partial charge in [0, 0.05) is 45.8 Å². The van der Waals surface area contributed by atoms with Gasteiger partial charge in [0.05, 0.1) is 0 Å². The van der Waals surface area contributed by atoms with Gasteiger partial charge in [0.15, 0.2) is 0 Å². The van der Waals surface area contributed by atoms with Crippen LogP contribution >= 0.6 is 62.0 Å². The molecule has 0 saturated heterocycles. The van der Waals surface area contributed by atoms with Crippen molar-refractivity contribution in [2.75, 3.05) is 23.5 Å². The molecule has 162 valence electrons. The number of hydrogen-bond acceptors (Lipinski definition) is 4. The standard InChI is InChI=1S/C14H20Cl4O8P2/c15-5-1-9-10(2-6-16)14(26-28(22,23)24)12(4-8-18)11(3-7-17)13(9)25-27(19,20)21/h1-8H2,(H2,19,20,21)(H2,22,23,24). The molecule has 0 aliphatic heterocycles. The third-order valence-corrected chi connectivity index (χ3v) is 5.22. The summed E-state index contributed by atoms with van der Waals surface area (Å²) < 4.78 is 33.0. The van der Waals surface area contributed by atoms with Crippen LogP contribution in [0, 0.1) is 0 Å². The molecule has 8 nitrogen and oxygen atoms in total. The van der Waals surface area contributed by atoms with Crippen LogP contribution in [0.1, 0.15) is 22.3 Å². The number of benzene rings is 1. The molecular formula is C14H20Cl4O8P2. The summed E-state index contributed by atoms with van der Waals surface area (Å²) in [6.07, 6.45) is 0.322. The molecule has 0 fully saturated rings. The van der Waals surface area contributed by atoms with Crippen LogP contribution in [-0.2, 0) is 34.8 Å². The van der Waals surface area contributed by atoms with Gasteiger partial charge in [0.1, 0.15) is 11.5 Å². The maximum Gasteiger partial charge on any atom is 0.524 e. The molecule has 0 spiro atoms. The second kappa shape index (κ2) is 11.6. The molecule has 14 heteroatoms. The van der Waals surface area contributed by atoms with Crippen molar-refractivity contribution in [3.63, 3.8) is 0 Å². The van der Waals surface area contributed by atoms with Gasteiger partial charge >= 0.3 is 15.6 Å². The number of phosphoric ester groups is 2. The second-order valence-corrected chi connectivity index (χ2v) is 9.33. The summed E-state index contributed by atoms with van der Waals surface area (Å²) in [5.74, 6) is -0.135.